The zero-order valence-electron chi connectivity index (χ0n) is 12.1. The first-order valence-corrected chi connectivity index (χ1v) is 7.93. The lowest BCUT2D eigenvalue weighted by molar-refractivity contribution is -0.134. The van der Waals surface area contributed by atoms with Gasteiger partial charge in [0.2, 0.25) is 5.91 Å². The van der Waals surface area contributed by atoms with Gasteiger partial charge < -0.3 is 10.2 Å². The van der Waals surface area contributed by atoms with Crippen LogP contribution in [0.4, 0.5) is 0 Å². The second kappa shape index (κ2) is 6.40. The highest BCUT2D eigenvalue weighted by atomic mass is 16.2. The summed E-state index contributed by atoms with van der Waals surface area (Å²) in [6.07, 6.45) is 6.80. The molecule has 3 rings (SSSR count). The molecular weight excluding hydrogens is 248 g/mol. The summed E-state index contributed by atoms with van der Waals surface area (Å²) in [4.78, 5) is 14.8. The fraction of sp³-hybridized carbons (Fsp3) is 0.588. The minimum atomic E-state index is 0.0442. The highest BCUT2D eigenvalue weighted by Gasteiger charge is 2.26. The Hall–Kier alpha value is -1.35. The first-order chi connectivity index (χ1) is 9.84. The van der Waals surface area contributed by atoms with Gasteiger partial charge in [-0.25, -0.2) is 0 Å². The third kappa shape index (κ3) is 3.04. The van der Waals surface area contributed by atoms with E-state index in [0.29, 0.717) is 5.91 Å². The van der Waals surface area contributed by atoms with Crippen LogP contribution in [-0.4, -0.2) is 29.9 Å². The minimum Gasteiger partial charge on any atom is -0.337 e. The smallest absolute Gasteiger partial charge is 0.240 e. The van der Waals surface area contributed by atoms with E-state index in [4.69, 9.17) is 0 Å². The van der Waals surface area contributed by atoms with Crippen LogP contribution in [0.5, 0.6) is 0 Å². The van der Waals surface area contributed by atoms with Crippen molar-refractivity contribution in [2.45, 2.75) is 51.1 Å². The predicted molar refractivity (Wildman–Crippen MR) is 80.4 cm³/mol. The highest BCUT2D eigenvalue weighted by molar-refractivity contribution is 5.82. The van der Waals surface area contributed by atoms with Gasteiger partial charge in [0.25, 0.3) is 0 Å². The normalized spacial score (nSPS) is 23.6. The van der Waals surface area contributed by atoms with E-state index in [1.807, 2.05) is 0 Å². The van der Waals surface area contributed by atoms with E-state index in [2.05, 4.69) is 34.5 Å². The molecule has 1 N–H and O–H groups in total. The molecule has 1 atom stereocenters. The van der Waals surface area contributed by atoms with Gasteiger partial charge in [0.15, 0.2) is 0 Å². The van der Waals surface area contributed by atoms with E-state index < -0.39 is 0 Å². The average molecular weight is 272 g/mol. The van der Waals surface area contributed by atoms with Gasteiger partial charge in [0.1, 0.15) is 0 Å². The summed E-state index contributed by atoms with van der Waals surface area (Å²) in [6.45, 7) is 2.67. The lowest BCUT2D eigenvalue weighted by Gasteiger charge is -2.26. The van der Waals surface area contributed by atoms with Crippen LogP contribution in [0.15, 0.2) is 24.3 Å². The van der Waals surface area contributed by atoms with Crippen molar-refractivity contribution in [3.8, 4) is 0 Å². The molecule has 0 saturated carbocycles. The van der Waals surface area contributed by atoms with Crippen molar-refractivity contribution in [1.82, 2.24) is 10.2 Å². The molecule has 1 saturated heterocycles. The van der Waals surface area contributed by atoms with Crippen molar-refractivity contribution in [3.63, 3.8) is 0 Å². The molecule has 1 unspecified atom stereocenters. The van der Waals surface area contributed by atoms with Gasteiger partial charge in [-0.1, -0.05) is 37.1 Å². The molecule has 0 bridgehead atoms. The summed E-state index contributed by atoms with van der Waals surface area (Å²) in [5.74, 6) is 0.309. The molecule has 2 heterocycles. The van der Waals surface area contributed by atoms with Crippen LogP contribution >= 0.6 is 0 Å². The van der Waals surface area contributed by atoms with Crippen molar-refractivity contribution in [2.24, 2.45) is 0 Å². The van der Waals surface area contributed by atoms with Crippen LogP contribution < -0.4 is 5.32 Å². The number of hydrogen-bond acceptors (Lipinski definition) is 2. The molecule has 1 fully saturated rings. The van der Waals surface area contributed by atoms with E-state index in [1.54, 1.807) is 0 Å². The summed E-state index contributed by atoms with van der Waals surface area (Å²) in [5.41, 5.74) is 2.74. The molecule has 3 nitrogen and oxygen atoms in total. The summed E-state index contributed by atoms with van der Waals surface area (Å²) in [6, 6.07) is 8.59. The molecule has 1 amide bonds. The highest BCUT2D eigenvalue weighted by Crippen LogP contribution is 2.20. The lowest BCUT2D eigenvalue weighted by atomic mass is 10.0. The van der Waals surface area contributed by atoms with Gasteiger partial charge in [-0.15, -0.1) is 0 Å². The number of fused-ring (bicyclic) bond motifs is 1. The number of rotatable bonds is 1. The second-order valence-electron chi connectivity index (χ2n) is 5.99. The Balaban J connectivity index is 1.71. The van der Waals surface area contributed by atoms with Gasteiger partial charge >= 0.3 is 0 Å². The number of nitrogens with one attached hydrogen (secondary N) is 1. The molecule has 0 aromatic heterocycles. The molecule has 1 aromatic carbocycles. The van der Waals surface area contributed by atoms with Crippen LogP contribution in [0.25, 0.3) is 0 Å². The van der Waals surface area contributed by atoms with Crippen molar-refractivity contribution in [1.29, 1.82) is 0 Å². The van der Waals surface area contributed by atoms with E-state index >= 15 is 0 Å². The van der Waals surface area contributed by atoms with Crippen LogP contribution in [0.1, 0.15) is 43.2 Å². The van der Waals surface area contributed by atoms with Gasteiger partial charge in [0.05, 0.1) is 6.04 Å². The zero-order chi connectivity index (χ0) is 13.8. The zero-order valence-corrected chi connectivity index (χ0v) is 12.1. The van der Waals surface area contributed by atoms with Crippen molar-refractivity contribution < 1.29 is 4.79 Å². The van der Waals surface area contributed by atoms with E-state index in [0.717, 1.165) is 38.9 Å². The Morgan fingerprint density at radius 1 is 1.10 bits per heavy atom. The second-order valence-corrected chi connectivity index (χ2v) is 5.99. The molecule has 0 aliphatic carbocycles. The van der Waals surface area contributed by atoms with Gasteiger partial charge in [-0.2, -0.15) is 0 Å². The number of carbonyl (C=O) groups excluding carboxylic acids is 1. The van der Waals surface area contributed by atoms with Crippen LogP contribution in [0, 0.1) is 0 Å². The Kier molecular flexibility index (Phi) is 4.36. The maximum Gasteiger partial charge on any atom is 0.240 e. The minimum absolute atomic E-state index is 0.0442. The molecule has 2 aliphatic rings. The molecule has 0 radical (unpaired) electrons. The number of hydrogen-bond donors (Lipinski definition) is 1. The van der Waals surface area contributed by atoms with Gasteiger partial charge in [-0.3, -0.25) is 4.79 Å². The number of benzene rings is 1. The van der Waals surface area contributed by atoms with Crippen molar-refractivity contribution >= 4 is 5.91 Å². The summed E-state index contributed by atoms with van der Waals surface area (Å²) in [5, 5.41) is 3.43. The number of nitrogens with zero attached hydrogens (tertiary/aromatic N) is 1. The SMILES string of the molecule is O=C(C1CCCCCN1)N1CCCc2ccccc2C1. The van der Waals surface area contributed by atoms with Crippen molar-refractivity contribution in [2.75, 3.05) is 13.1 Å². The largest absolute Gasteiger partial charge is 0.337 e. The maximum atomic E-state index is 12.7. The summed E-state index contributed by atoms with van der Waals surface area (Å²) in [7, 11) is 0. The third-order valence-corrected chi connectivity index (χ3v) is 4.52. The monoisotopic (exact) mass is 272 g/mol. The van der Waals surface area contributed by atoms with Gasteiger partial charge in [-0.05, 0) is 43.4 Å². The van der Waals surface area contributed by atoms with Crippen LogP contribution in [-0.2, 0) is 17.8 Å². The first kappa shape index (κ1) is 13.6. The topological polar surface area (TPSA) is 32.3 Å². The molecular formula is C17H24N2O. The van der Waals surface area contributed by atoms with Crippen LogP contribution in [0.2, 0.25) is 0 Å². The van der Waals surface area contributed by atoms with E-state index in [-0.39, 0.29) is 6.04 Å². The Morgan fingerprint density at radius 2 is 1.95 bits per heavy atom. The maximum absolute atomic E-state index is 12.7. The van der Waals surface area contributed by atoms with Gasteiger partial charge in [0, 0.05) is 13.1 Å². The molecule has 2 aliphatic heterocycles. The average Bonchev–Trinajstić information content (AvgIpc) is 2.87. The number of carbonyl (C=O) groups is 1. The van der Waals surface area contributed by atoms with Crippen LogP contribution in [0.3, 0.4) is 0 Å². The Bertz CT molecular complexity index is 464. The number of aryl methyl sites for hydroxylation is 1. The van der Waals surface area contributed by atoms with Crippen molar-refractivity contribution in [3.05, 3.63) is 35.4 Å². The standard InChI is InChI=1S/C17H24N2O/c20-17(16-10-2-1-5-11-18-16)19-12-6-9-14-7-3-4-8-15(14)13-19/h3-4,7-8,16,18H,1-2,5-6,9-13H2. The summed E-state index contributed by atoms with van der Waals surface area (Å²) < 4.78 is 0. The Labute approximate surface area is 121 Å². The molecule has 3 heteroatoms. The summed E-state index contributed by atoms with van der Waals surface area (Å²) >= 11 is 0. The molecule has 0 spiro atoms. The first-order valence-electron chi connectivity index (χ1n) is 7.93. The fourth-order valence-corrected chi connectivity index (χ4v) is 3.35. The predicted octanol–water partition coefficient (Wildman–Crippen LogP) is 2.49. The van der Waals surface area contributed by atoms with E-state index in [9.17, 15) is 4.79 Å². The lowest BCUT2D eigenvalue weighted by Crippen LogP contribution is -2.46. The number of amides is 1. The van der Waals surface area contributed by atoms with E-state index in [1.165, 1.54) is 30.4 Å². The third-order valence-electron chi connectivity index (χ3n) is 4.52. The Morgan fingerprint density at radius 3 is 2.85 bits per heavy atom. The molecule has 1 aromatic rings. The molecule has 108 valence electrons. The fourth-order valence-electron chi connectivity index (χ4n) is 3.35. The molecule has 20 heavy (non-hydrogen) atoms. The quantitative estimate of drug-likeness (QED) is 0.852.